The molecule has 1 aromatic rings. The third-order valence-electron chi connectivity index (χ3n) is 2.99. The van der Waals surface area contributed by atoms with Gasteiger partial charge in [0.1, 0.15) is 0 Å². The second-order valence-electron chi connectivity index (χ2n) is 4.21. The number of hydrogen-bond donors (Lipinski definition) is 0. The zero-order valence-corrected chi connectivity index (χ0v) is 12.5. The first kappa shape index (κ1) is 14.6. The minimum atomic E-state index is -0.149. The lowest BCUT2D eigenvalue weighted by Crippen LogP contribution is -2.45. The smallest absolute Gasteiger partial charge is 0.274 e. The van der Waals surface area contributed by atoms with Crippen LogP contribution in [0.5, 0.6) is 0 Å². The largest absolute Gasteiger partial charge is 0.375 e. The number of morpholine rings is 1. The Morgan fingerprint density at radius 1 is 1.68 bits per heavy atom. The van der Waals surface area contributed by atoms with Crippen LogP contribution in [0, 0.1) is 0 Å². The number of halogens is 1. The molecule has 1 aliphatic rings. The van der Waals surface area contributed by atoms with E-state index in [2.05, 4.69) is 9.97 Å². The zero-order valence-electron chi connectivity index (χ0n) is 10.9. The van der Waals surface area contributed by atoms with Crippen LogP contribution in [0.3, 0.4) is 0 Å². The maximum absolute atomic E-state index is 12.4. The molecule has 0 N–H and O–H groups in total. The van der Waals surface area contributed by atoms with Crippen LogP contribution < -0.4 is 0 Å². The maximum Gasteiger partial charge on any atom is 0.274 e. The van der Waals surface area contributed by atoms with Gasteiger partial charge in [-0.15, -0.1) is 0 Å². The number of carbonyl (C=O) groups excluding carboxylic acids is 1. The quantitative estimate of drug-likeness (QED) is 0.632. The molecule has 1 fully saturated rings. The predicted molar refractivity (Wildman–Crippen MR) is 74.8 cm³/mol. The number of amides is 1. The van der Waals surface area contributed by atoms with Crippen molar-refractivity contribution in [3.8, 4) is 0 Å². The van der Waals surface area contributed by atoms with Crippen molar-refractivity contribution in [2.45, 2.75) is 24.6 Å². The van der Waals surface area contributed by atoms with E-state index in [0.29, 0.717) is 29.9 Å². The van der Waals surface area contributed by atoms with Crippen molar-refractivity contribution in [2.75, 3.05) is 26.0 Å². The lowest BCUT2D eigenvalue weighted by atomic mass is 10.2. The van der Waals surface area contributed by atoms with Crippen molar-refractivity contribution in [1.82, 2.24) is 14.9 Å². The number of carbonyl (C=O) groups is 1. The Morgan fingerprint density at radius 2 is 2.47 bits per heavy atom. The molecule has 1 aromatic heterocycles. The first-order chi connectivity index (χ1) is 9.15. The summed E-state index contributed by atoms with van der Waals surface area (Å²) in [5.74, 6) is -0.149. The summed E-state index contributed by atoms with van der Waals surface area (Å²) in [7, 11) is 0. The summed E-state index contributed by atoms with van der Waals surface area (Å²) in [5.41, 5.74) is 0.276. The highest BCUT2D eigenvalue weighted by Crippen LogP contribution is 2.19. The maximum atomic E-state index is 12.4. The van der Waals surface area contributed by atoms with Crippen LogP contribution >= 0.6 is 23.4 Å². The third kappa shape index (κ3) is 3.38. The van der Waals surface area contributed by atoms with Crippen LogP contribution in [0.2, 0.25) is 5.02 Å². The average Bonchev–Trinajstić information content (AvgIpc) is 2.47. The van der Waals surface area contributed by atoms with E-state index in [1.807, 2.05) is 13.2 Å². The van der Waals surface area contributed by atoms with Gasteiger partial charge in [-0.1, -0.05) is 30.3 Å². The van der Waals surface area contributed by atoms with E-state index in [1.54, 1.807) is 4.90 Å². The van der Waals surface area contributed by atoms with Crippen LogP contribution in [0.25, 0.3) is 0 Å². The van der Waals surface area contributed by atoms with Crippen LogP contribution in [-0.2, 0) is 4.74 Å². The fourth-order valence-corrected chi connectivity index (χ4v) is 2.41. The summed E-state index contributed by atoms with van der Waals surface area (Å²) in [6, 6.07) is 0. The van der Waals surface area contributed by atoms with E-state index in [9.17, 15) is 4.79 Å². The lowest BCUT2D eigenvalue weighted by molar-refractivity contribution is -0.0228. The van der Waals surface area contributed by atoms with E-state index in [4.69, 9.17) is 16.3 Å². The molecule has 0 unspecified atom stereocenters. The Bertz CT molecular complexity index is 472. The van der Waals surface area contributed by atoms with Gasteiger partial charge in [-0.3, -0.25) is 4.79 Å². The van der Waals surface area contributed by atoms with Crippen LogP contribution in [0.15, 0.2) is 11.4 Å². The minimum absolute atomic E-state index is 0.0957. The van der Waals surface area contributed by atoms with Gasteiger partial charge >= 0.3 is 0 Å². The first-order valence-corrected chi connectivity index (χ1v) is 7.73. The summed E-state index contributed by atoms with van der Waals surface area (Å²) >= 11 is 7.41. The van der Waals surface area contributed by atoms with Crippen molar-refractivity contribution < 1.29 is 9.53 Å². The van der Waals surface area contributed by atoms with Crippen LogP contribution in [0.4, 0.5) is 0 Å². The zero-order chi connectivity index (χ0) is 13.8. The van der Waals surface area contributed by atoms with E-state index < -0.39 is 0 Å². The molecule has 1 atom stereocenters. The van der Waals surface area contributed by atoms with Crippen molar-refractivity contribution in [1.29, 1.82) is 0 Å². The van der Waals surface area contributed by atoms with Gasteiger partial charge in [0.15, 0.2) is 10.9 Å². The van der Waals surface area contributed by atoms with Gasteiger partial charge in [-0.05, 0) is 12.7 Å². The van der Waals surface area contributed by atoms with E-state index in [1.165, 1.54) is 18.0 Å². The fraction of sp³-hybridized carbons (Fsp3) is 0.583. The van der Waals surface area contributed by atoms with Gasteiger partial charge in [0, 0.05) is 13.1 Å². The molecule has 0 bridgehead atoms. The molecule has 1 amide bonds. The van der Waals surface area contributed by atoms with Crippen molar-refractivity contribution >= 4 is 29.3 Å². The molecule has 0 aliphatic carbocycles. The van der Waals surface area contributed by atoms with Gasteiger partial charge in [-0.2, -0.15) is 0 Å². The highest BCUT2D eigenvalue weighted by molar-refractivity contribution is 7.98. The molecule has 1 saturated heterocycles. The SMILES string of the molecule is CC[C@H]1CN(C(=O)c2nc(SC)ncc2Cl)CCO1. The van der Waals surface area contributed by atoms with E-state index in [-0.39, 0.29) is 17.7 Å². The van der Waals surface area contributed by atoms with Gasteiger partial charge in [0.05, 0.1) is 23.9 Å². The summed E-state index contributed by atoms with van der Waals surface area (Å²) in [5, 5.41) is 0.843. The molecule has 0 radical (unpaired) electrons. The molecule has 1 aliphatic heterocycles. The molecule has 2 rings (SSSR count). The second-order valence-corrected chi connectivity index (χ2v) is 5.39. The number of rotatable bonds is 3. The number of thioether (sulfide) groups is 1. The summed E-state index contributed by atoms with van der Waals surface area (Å²) in [6.45, 7) is 3.76. The monoisotopic (exact) mass is 301 g/mol. The number of ether oxygens (including phenoxy) is 1. The Hall–Kier alpha value is -0.850. The second kappa shape index (κ2) is 6.54. The molecule has 7 heteroatoms. The molecular formula is C12H16ClN3O2S. The summed E-state index contributed by atoms with van der Waals surface area (Å²) in [6.07, 6.45) is 4.32. The number of hydrogen-bond acceptors (Lipinski definition) is 5. The Balaban J connectivity index is 2.18. The standard InChI is InChI=1S/C12H16ClN3O2S/c1-3-8-7-16(4-5-18-8)11(17)10-9(13)6-14-12(15-10)19-2/h6,8H,3-5,7H2,1-2H3/t8-/m0/s1. The molecule has 5 nitrogen and oxygen atoms in total. The van der Waals surface area contributed by atoms with Gasteiger partial charge in [0.2, 0.25) is 0 Å². The normalized spacial score (nSPS) is 19.5. The molecular weight excluding hydrogens is 286 g/mol. The van der Waals surface area contributed by atoms with Gasteiger partial charge < -0.3 is 9.64 Å². The third-order valence-corrected chi connectivity index (χ3v) is 3.83. The number of nitrogens with zero attached hydrogens (tertiary/aromatic N) is 3. The molecule has 0 spiro atoms. The van der Waals surface area contributed by atoms with E-state index in [0.717, 1.165) is 6.42 Å². The fourth-order valence-electron chi connectivity index (χ4n) is 1.90. The average molecular weight is 302 g/mol. The topological polar surface area (TPSA) is 55.3 Å². The van der Waals surface area contributed by atoms with Gasteiger partial charge in [-0.25, -0.2) is 9.97 Å². The Kier molecular flexibility index (Phi) is 5.01. The van der Waals surface area contributed by atoms with Crippen molar-refractivity contribution in [3.05, 3.63) is 16.9 Å². The molecule has 0 saturated carbocycles. The van der Waals surface area contributed by atoms with Crippen molar-refractivity contribution in [3.63, 3.8) is 0 Å². The molecule has 19 heavy (non-hydrogen) atoms. The first-order valence-electron chi connectivity index (χ1n) is 6.13. The van der Waals surface area contributed by atoms with Crippen molar-refractivity contribution in [2.24, 2.45) is 0 Å². The van der Waals surface area contributed by atoms with Crippen LogP contribution in [0.1, 0.15) is 23.8 Å². The minimum Gasteiger partial charge on any atom is -0.375 e. The molecule has 0 aromatic carbocycles. The number of aromatic nitrogens is 2. The molecule has 104 valence electrons. The highest BCUT2D eigenvalue weighted by Gasteiger charge is 2.26. The van der Waals surface area contributed by atoms with Gasteiger partial charge in [0.25, 0.3) is 5.91 Å². The highest BCUT2D eigenvalue weighted by atomic mass is 35.5. The molecule has 2 heterocycles. The summed E-state index contributed by atoms with van der Waals surface area (Å²) in [4.78, 5) is 22.4. The Labute approximate surface area is 121 Å². The van der Waals surface area contributed by atoms with Crippen LogP contribution in [-0.4, -0.2) is 52.8 Å². The Morgan fingerprint density at radius 3 is 3.16 bits per heavy atom. The predicted octanol–water partition coefficient (Wildman–Crippen LogP) is 2.10. The summed E-state index contributed by atoms with van der Waals surface area (Å²) < 4.78 is 5.55. The van der Waals surface area contributed by atoms with E-state index >= 15 is 0 Å². The lowest BCUT2D eigenvalue weighted by Gasteiger charge is -2.32.